The predicted octanol–water partition coefficient (Wildman–Crippen LogP) is 2.03. The molecule has 0 aliphatic rings. The van der Waals surface area contributed by atoms with Crippen molar-refractivity contribution in [3.8, 4) is 5.75 Å². The predicted molar refractivity (Wildman–Crippen MR) is 82.9 cm³/mol. The summed E-state index contributed by atoms with van der Waals surface area (Å²) < 4.78 is 20.8. The molecule has 1 rings (SSSR count). The highest BCUT2D eigenvalue weighted by atomic mass is 16.5. The lowest BCUT2D eigenvalue weighted by atomic mass is 10.1. The Balaban J connectivity index is 2.03. The minimum absolute atomic E-state index is 0.289. The summed E-state index contributed by atoms with van der Waals surface area (Å²) in [5.74, 6) is 0.878. The molecule has 0 unspecified atom stereocenters. The third kappa shape index (κ3) is 8.02. The van der Waals surface area contributed by atoms with Gasteiger partial charge in [-0.2, -0.15) is 0 Å². The highest BCUT2D eigenvalue weighted by Crippen LogP contribution is 2.16. The summed E-state index contributed by atoms with van der Waals surface area (Å²) >= 11 is 0. The van der Waals surface area contributed by atoms with E-state index >= 15 is 0 Å². The molecule has 0 saturated carbocycles. The lowest BCUT2D eigenvalue weighted by Gasteiger charge is -2.14. The molecule has 0 aliphatic heterocycles. The summed E-state index contributed by atoms with van der Waals surface area (Å²) in [7, 11) is 3.34. The van der Waals surface area contributed by atoms with Crippen molar-refractivity contribution in [1.82, 2.24) is 5.32 Å². The van der Waals surface area contributed by atoms with Crippen LogP contribution in [0.3, 0.4) is 0 Å². The Bertz CT molecular complexity index is 356. The van der Waals surface area contributed by atoms with E-state index in [1.54, 1.807) is 14.2 Å². The second-order valence-electron chi connectivity index (χ2n) is 4.67. The van der Waals surface area contributed by atoms with Crippen molar-refractivity contribution in [2.24, 2.45) is 0 Å². The zero-order valence-corrected chi connectivity index (χ0v) is 13.3. The Morgan fingerprint density at radius 1 is 0.905 bits per heavy atom. The van der Waals surface area contributed by atoms with Gasteiger partial charge in [0.15, 0.2) is 0 Å². The molecule has 0 aromatic heterocycles. The minimum atomic E-state index is 0.289. The third-order valence-corrected chi connectivity index (χ3v) is 3.12. The zero-order chi connectivity index (χ0) is 15.3. The number of ether oxygens (including phenoxy) is 4. The van der Waals surface area contributed by atoms with Crippen molar-refractivity contribution in [3.63, 3.8) is 0 Å². The number of hydrogen-bond acceptors (Lipinski definition) is 5. The first kappa shape index (κ1) is 17.9. The summed E-state index contributed by atoms with van der Waals surface area (Å²) in [5.41, 5.74) is 1.23. The van der Waals surface area contributed by atoms with Crippen LogP contribution in [0.5, 0.6) is 5.75 Å². The first-order valence-corrected chi connectivity index (χ1v) is 7.29. The Kier molecular flexibility index (Phi) is 9.82. The van der Waals surface area contributed by atoms with Crippen LogP contribution in [-0.4, -0.2) is 53.8 Å². The molecule has 1 atom stereocenters. The quantitative estimate of drug-likeness (QED) is 0.598. The lowest BCUT2D eigenvalue weighted by molar-refractivity contribution is 0.0253. The molecular weight excluding hydrogens is 270 g/mol. The Labute approximate surface area is 127 Å². The van der Waals surface area contributed by atoms with Gasteiger partial charge in [0.05, 0.1) is 40.1 Å². The van der Waals surface area contributed by atoms with E-state index in [2.05, 4.69) is 24.4 Å². The number of rotatable bonds is 12. The number of hydrogen-bond donors (Lipinski definition) is 1. The molecule has 0 bridgehead atoms. The average Bonchev–Trinajstić information content (AvgIpc) is 2.53. The highest BCUT2D eigenvalue weighted by Gasteiger charge is 2.04. The molecule has 120 valence electrons. The number of benzene rings is 1. The van der Waals surface area contributed by atoms with Crippen molar-refractivity contribution in [2.75, 3.05) is 53.8 Å². The van der Waals surface area contributed by atoms with E-state index in [4.69, 9.17) is 18.9 Å². The Morgan fingerprint density at radius 2 is 1.52 bits per heavy atom. The Morgan fingerprint density at radius 3 is 2.14 bits per heavy atom. The molecule has 1 N–H and O–H groups in total. The van der Waals surface area contributed by atoms with Crippen molar-refractivity contribution in [1.29, 1.82) is 0 Å². The maximum Gasteiger partial charge on any atom is 0.118 e. The van der Waals surface area contributed by atoms with Gasteiger partial charge in [-0.15, -0.1) is 0 Å². The van der Waals surface area contributed by atoms with Crippen LogP contribution in [0.2, 0.25) is 0 Å². The zero-order valence-electron chi connectivity index (χ0n) is 13.3. The van der Waals surface area contributed by atoms with Crippen molar-refractivity contribution >= 4 is 0 Å². The molecule has 0 spiro atoms. The van der Waals surface area contributed by atoms with Gasteiger partial charge in [-0.3, -0.25) is 0 Å². The van der Waals surface area contributed by atoms with Crippen LogP contribution in [0.25, 0.3) is 0 Å². The van der Waals surface area contributed by atoms with Gasteiger partial charge in [-0.25, -0.2) is 0 Å². The standard InChI is InChI=1S/C16H27NO4/c1-14(15-4-6-16(19-3)7-5-15)17-8-9-20-12-13-21-11-10-18-2/h4-7,14,17H,8-13H2,1-3H3/t14-/m1/s1. The third-order valence-electron chi connectivity index (χ3n) is 3.12. The van der Waals surface area contributed by atoms with Gasteiger partial charge < -0.3 is 24.3 Å². The molecule has 0 fully saturated rings. The van der Waals surface area contributed by atoms with Gasteiger partial charge in [0, 0.05) is 19.7 Å². The minimum Gasteiger partial charge on any atom is -0.497 e. The van der Waals surface area contributed by atoms with Gasteiger partial charge in [0.2, 0.25) is 0 Å². The average molecular weight is 297 g/mol. The molecule has 0 aliphatic carbocycles. The Hall–Kier alpha value is -1.14. The lowest BCUT2D eigenvalue weighted by Crippen LogP contribution is -2.24. The van der Waals surface area contributed by atoms with Crippen LogP contribution in [0.1, 0.15) is 18.5 Å². The smallest absolute Gasteiger partial charge is 0.118 e. The summed E-state index contributed by atoms with van der Waals surface area (Å²) in [6.45, 7) is 6.09. The molecule has 1 aromatic carbocycles. The van der Waals surface area contributed by atoms with Crippen LogP contribution in [0.15, 0.2) is 24.3 Å². The number of nitrogens with one attached hydrogen (secondary N) is 1. The van der Waals surface area contributed by atoms with Crippen LogP contribution in [-0.2, 0) is 14.2 Å². The summed E-state index contributed by atoms with van der Waals surface area (Å²) in [5, 5.41) is 3.42. The fourth-order valence-electron chi connectivity index (χ4n) is 1.82. The molecule has 0 radical (unpaired) electrons. The molecular formula is C16H27NO4. The van der Waals surface area contributed by atoms with Gasteiger partial charge in [0.25, 0.3) is 0 Å². The monoisotopic (exact) mass is 297 g/mol. The first-order valence-electron chi connectivity index (χ1n) is 7.29. The highest BCUT2D eigenvalue weighted by molar-refractivity contribution is 5.28. The van der Waals surface area contributed by atoms with Crippen molar-refractivity contribution in [2.45, 2.75) is 13.0 Å². The molecule has 5 nitrogen and oxygen atoms in total. The van der Waals surface area contributed by atoms with Crippen molar-refractivity contribution < 1.29 is 18.9 Å². The van der Waals surface area contributed by atoms with E-state index in [-0.39, 0.29) is 6.04 Å². The SMILES string of the molecule is COCCOCCOCCN[C@H](C)c1ccc(OC)cc1. The molecule has 5 heteroatoms. The maximum atomic E-state index is 5.49. The second kappa shape index (κ2) is 11.5. The summed E-state index contributed by atoms with van der Waals surface area (Å²) in [4.78, 5) is 0. The second-order valence-corrected chi connectivity index (χ2v) is 4.67. The molecule has 0 saturated heterocycles. The van der Waals surface area contributed by atoms with E-state index < -0.39 is 0 Å². The molecule has 21 heavy (non-hydrogen) atoms. The van der Waals surface area contributed by atoms with E-state index in [9.17, 15) is 0 Å². The van der Waals surface area contributed by atoms with Crippen LogP contribution in [0, 0.1) is 0 Å². The van der Waals surface area contributed by atoms with Gasteiger partial charge >= 0.3 is 0 Å². The van der Waals surface area contributed by atoms with Gasteiger partial charge in [-0.05, 0) is 24.6 Å². The van der Waals surface area contributed by atoms with Gasteiger partial charge in [-0.1, -0.05) is 12.1 Å². The topological polar surface area (TPSA) is 49.0 Å². The van der Waals surface area contributed by atoms with E-state index in [0.29, 0.717) is 33.0 Å². The van der Waals surface area contributed by atoms with Crippen LogP contribution < -0.4 is 10.1 Å². The van der Waals surface area contributed by atoms with E-state index in [0.717, 1.165) is 12.3 Å². The van der Waals surface area contributed by atoms with Crippen LogP contribution >= 0.6 is 0 Å². The van der Waals surface area contributed by atoms with E-state index in [1.165, 1.54) is 5.56 Å². The van der Waals surface area contributed by atoms with Gasteiger partial charge in [0.1, 0.15) is 5.75 Å². The first-order chi connectivity index (χ1) is 10.3. The molecule has 1 aromatic rings. The fourth-order valence-corrected chi connectivity index (χ4v) is 1.82. The van der Waals surface area contributed by atoms with E-state index in [1.807, 2.05) is 12.1 Å². The molecule has 0 heterocycles. The fraction of sp³-hybridized carbons (Fsp3) is 0.625. The largest absolute Gasteiger partial charge is 0.497 e. The number of methoxy groups -OCH3 is 2. The normalized spacial score (nSPS) is 12.3. The molecule has 0 amide bonds. The summed E-state index contributed by atoms with van der Waals surface area (Å²) in [6.07, 6.45) is 0. The maximum absolute atomic E-state index is 5.49. The van der Waals surface area contributed by atoms with Crippen LogP contribution in [0.4, 0.5) is 0 Å². The van der Waals surface area contributed by atoms with Crippen molar-refractivity contribution in [3.05, 3.63) is 29.8 Å². The summed E-state index contributed by atoms with van der Waals surface area (Å²) in [6, 6.07) is 8.38.